The first-order chi connectivity index (χ1) is 9.79. The molecule has 2 atom stereocenters. The Morgan fingerprint density at radius 1 is 1.15 bits per heavy atom. The molecule has 100 valence electrons. The van der Waals surface area contributed by atoms with Gasteiger partial charge in [0, 0.05) is 18.2 Å². The topological polar surface area (TPSA) is 42.2 Å². The number of pyridine rings is 1. The van der Waals surface area contributed by atoms with E-state index >= 15 is 0 Å². The molecule has 20 heavy (non-hydrogen) atoms. The van der Waals surface area contributed by atoms with Crippen molar-refractivity contribution < 1.29 is 0 Å². The van der Waals surface area contributed by atoms with Crippen LogP contribution in [0.15, 0.2) is 48.7 Å². The Balaban J connectivity index is 1.52. The van der Waals surface area contributed by atoms with Crippen LogP contribution in [0.1, 0.15) is 17.9 Å². The zero-order valence-electron chi connectivity index (χ0n) is 10.7. The number of hydrogen-bond donors (Lipinski definition) is 1. The van der Waals surface area contributed by atoms with Gasteiger partial charge in [-0.3, -0.25) is 0 Å². The molecule has 1 fully saturated rings. The highest BCUT2D eigenvalue weighted by molar-refractivity contribution is 6.30. The normalized spacial score (nSPS) is 21.1. The fourth-order valence-electron chi connectivity index (χ4n) is 2.51. The van der Waals surface area contributed by atoms with Gasteiger partial charge in [0.25, 0.3) is 0 Å². The average molecular weight is 285 g/mol. The van der Waals surface area contributed by atoms with Crippen LogP contribution in [0.4, 0.5) is 5.95 Å². The minimum absolute atomic E-state index is 0.422. The van der Waals surface area contributed by atoms with E-state index in [1.165, 1.54) is 5.56 Å². The first-order valence-corrected chi connectivity index (χ1v) is 7.01. The van der Waals surface area contributed by atoms with Crippen LogP contribution in [0.3, 0.4) is 0 Å². The molecular weight excluding hydrogens is 272 g/mol. The van der Waals surface area contributed by atoms with Gasteiger partial charge in [0.2, 0.25) is 5.95 Å². The van der Waals surface area contributed by atoms with E-state index < -0.39 is 0 Å². The second-order valence-corrected chi connectivity index (χ2v) is 5.53. The summed E-state index contributed by atoms with van der Waals surface area (Å²) in [6.45, 7) is 0. The van der Waals surface area contributed by atoms with Crippen LogP contribution in [0.2, 0.25) is 5.02 Å². The van der Waals surface area contributed by atoms with Gasteiger partial charge < -0.3 is 5.32 Å². The van der Waals surface area contributed by atoms with Crippen molar-refractivity contribution in [3.05, 3.63) is 59.2 Å². The third kappa shape index (κ3) is 2.12. The molecule has 2 heterocycles. The van der Waals surface area contributed by atoms with Gasteiger partial charge in [0.15, 0.2) is 5.65 Å². The van der Waals surface area contributed by atoms with E-state index in [2.05, 4.69) is 39.7 Å². The number of anilines is 1. The minimum atomic E-state index is 0.422. The molecule has 4 nitrogen and oxygen atoms in total. The molecule has 1 N–H and O–H groups in total. The number of rotatable bonds is 3. The molecule has 1 saturated carbocycles. The second kappa shape index (κ2) is 4.49. The van der Waals surface area contributed by atoms with Crippen LogP contribution in [0.5, 0.6) is 0 Å². The molecule has 4 rings (SSSR count). The van der Waals surface area contributed by atoms with Crippen LogP contribution in [-0.4, -0.2) is 20.6 Å². The Bertz CT molecular complexity index is 753. The minimum Gasteiger partial charge on any atom is -0.350 e. The van der Waals surface area contributed by atoms with Crippen LogP contribution in [-0.2, 0) is 0 Å². The number of nitrogens with zero attached hydrogens (tertiary/aromatic N) is 3. The molecule has 1 aliphatic rings. The molecule has 0 aliphatic heterocycles. The smallest absolute Gasteiger partial charge is 0.243 e. The van der Waals surface area contributed by atoms with Gasteiger partial charge in [-0.15, -0.1) is 5.10 Å². The Labute approximate surface area is 121 Å². The Morgan fingerprint density at radius 3 is 2.85 bits per heavy atom. The van der Waals surface area contributed by atoms with Crippen molar-refractivity contribution in [2.45, 2.75) is 18.4 Å². The Morgan fingerprint density at radius 2 is 2.00 bits per heavy atom. The lowest BCUT2D eigenvalue weighted by Gasteiger charge is -2.00. The molecule has 0 saturated heterocycles. The fourth-order valence-corrected chi connectivity index (χ4v) is 2.66. The third-order valence-corrected chi connectivity index (χ3v) is 3.85. The number of hydrogen-bond acceptors (Lipinski definition) is 3. The summed E-state index contributed by atoms with van der Waals surface area (Å²) in [5, 5.41) is 8.43. The first kappa shape index (κ1) is 11.7. The van der Waals surface area contributed by atoms with Crippen molar-refractivity contribution in [3.63, 3.8) is 0 Å². The van der Waals surface area contributed by atoms with Gasteiger partial charge in [-0.1, -0.05) is 41.9 Å². The summed E-state index contributed by atoms with van der Waals surface area (Å²) in [7, 11) is 0. The quantitative estimate of drug-likeness (QED) is 0.802. The van der Waals surface area contributed by atoms with Crippen LogP contribution in [0.25, 0.3) is 5.65 Å². The number of halogens is 1. The fraction of sp³-hybridized carbons (Fsp3) is 0.200. The maximum absolute atomic E-state index is 5.94. The maximum Gasteiger partial charge on any atom is 0.243 e. The lowest BCUT2D eigenvalue weighted by atomic mass is 10.1. The molecular formula is C15H13ClN4. The van der Waals surface area contributed by atoms with E-state index in [9.17, 15) is 0 Å². The summed E-state index contributed by atoms with van der Waals surface area (Å²) < 4.78 is 1.70. The number of nitrogens with one attached hydrogen (secondary N) is 1. The molecule has 5 heteroatoms. The summed E-state index contributed by atoms with van der Waals surface area (Å²) in [6.07, 6.45) is 2.89. The van der Waals surface area contributed by atoms with Gasteiger partial charge in [0.1, 0.15) is 0 Å². The standard InChI is InChI=1S/C15H13ClN4/c16-11-6-7-14-18-15(19-20(14)9-11)17-13-8-12(13)10-4-2-1-3-5-10/h1-7,9,12-13H,8H2,(H,17,19). The molecule has 1 aromatic carbocycles. The molecule has 2 unspecified atom stereocenters. The molecule has 0 spiro atoms. The van der Waals surface area contributed by atoms with E-state index in [-0.39, 0.29) is 0 Å². The lowest BCUT2D eigenvalue weighted by Crippen LogP contribution is -2.05. The van der Waals surface area contributed by atoms with Crippen molar-refractivity contribution >= 4 is 23.2 Å². The van der Waals surface area contributed by atoms with Gasteiger partial charge in [0.05, 0.1) is 5.02 Å². The maximum atomic E-state index is 5.94. The van der Waals surface area contributed by atoms with Crippen molar-refractivity contribution in [1.29, 1.82) is 0 Å². The summed E-state index contributed by atoms with van der Waals surface area (Å²) in [5.74, 6) is 1.22. The van der Waals surface area contributed by atoms with E-state index in [4.69, 9.17) is 11.6 Å². The van der Waals surface area contributed by atoms with Crippen LogP contribution in [0, 0.1) is 0 Å². The predicted molar refractivity (Wildman–Crippen MR) is 79.2 cm³/mol. The van der Waals surface area contributed by atoms with Gasteiger partial charge in [-0.2, -0.15) is 4.98 Å². The zero-order chi connectivity index (χ0) is 13.5. The molecule has 0 bridgehead atoms. The van der Waals surface area contributed by atoms with Crippen molar-refractivity contribution in [2.24, 2.45) is 0 Å². The van der Waals surface area contributed by atoms with E-state index in [1.54, 1.807) is 10.7 Å². The summed E-state index contributed by atoms with van der Waals surface area (Å²) >= 11 is 5.94. The summed E-state index contributed by atoms with van der Waals surface area (Å²) in [6, 6.07) is 14.6. The largest absolute Gasteiger partial charge is 0.350 e. The number of aromatic nitrogens is 3. The molecule has 0 amide bonds. The van der Waals surface area contributed by atoms with Crippen molar-refractivity contribution in [2.75, 3.05) is 5.32 Å². The van der Waals surface area contributed by atoms with Crippen LogP contribution >= 0.6 is 11.6 Å². The Kier molecular flexibility index (Phi) is 2.63. The number of benzene rings is 1. The van der Waals surface area contributed by atoms with Crippen LogP contribution < -0.4 is 5.32 Å². The van der Waals surface area contributed by atoms with E-state index in [0.29, 0.717) is 22.9 Å². The zero-order valence-corrected chi connectivity index (χ0v) is 11.5. The highest BCUT2D eigenvalue weighted by Gasteiger charge is 2.38. The summed E-state index contributed by atoms with van der Waals surface area (Å²) in [4.78, 5) is 4.44. The monoisotopic (exact) mass is 284 g/mol. The molecule has 2 aromatic heterocycles. The number of fused-ring (bicyclic) bond motifs is 1. The van der Waals surface area contributed by atoms with Gasteiger partial charge in [-0.25, -0.2) is 4.52 Å². The van der Waals surface area contributed by atoms with Crippen molar-refractivity contribution in [3.8, 4) is 0 Å². The lowest BCUT2D eigenvalue weighted by molar-refractivity contribution is 0.941. The highest BCUT2D eigenvalue weighted by atomic mass is 35.5. The van der Waals surface area contributed by atoms with Crippen molar-refractivity contribution in [1.82, 2.24) is 14.6 Å². The average Bonchev–Trinajstić information content (AvgIpc) is 3.10. The third-order valence-electron chi connectivity index (χ3n) is 3.63. The Hall–Kier alpha value is -2.07. The molecule has 1 aliphatic carbocycles. The first-order valence-electron chi connectivity index (χ1n) is 6.63. The predicted octanol–water partition coefficient (Wildman–Crippen LogP) is 3.35. The van der Waals surface area contributed by atoms with E-state index in [1.807, 2.05) is 18.2 Å². The molecule has 0 radical (unpaired) electrons. The van der Waals surface area contributed by atoms with E-state index in [0.717, 1.165) is 12.1 Å². The van der Waals surface area contributed by atoms with Gasteiger partial charge >= 0.3 is 0 Å². The second-order valence-electron chi connectivity index (χ2n) is 5.09. The van der Waals surface area contributed by atoms with Gasteiger partial charge in [-0.05, 0) is 24.1 Å². The molecule has 3 aromatic rings. The summed E-state index contributed by atoms with van der Waals surface area (Å²) in [5.41, 5.74) is 2.17. The SMILES string of the molecule is Clc1ccc2nc(NC3CC3c3ccccc3)nn2c1. The highest BCUT2D eigenvalue weighted by Crippen LogP contribution is 2.42.